The first-order valence-corrected chi connectivity index (χ1v) is 9.74. The Morgan fingerprint density at radius 2 is 1.88 bits per heavy atom. The maximum atomic E-state index is 12.6. The van der Waals surface area contributed by atoms with Crippen LogP contribution in [0.4, 0.5) is 0 Å². The fraction of sp³-hybridized carbons (Fsp3) is 0.263. The monoisotopic (exact) mass is 356 g/mol. The Bertz CT molecular complexity index is 783. The minimum atomic E-state index is -0.128. The van der Waals surface area contributed by atoms with Crippen molar-refractivity contribution in [2.45, 2.75) is 35.9 Å². The van der Waals surface area contributed by atoms with E-state index >= 15 is 0 Å². The zero-order chi connectivity index (χ0) is 16.9. The number of thioether (sulfide) groups is 1. The molecule has 0 unspecified atom stereocenters. The summed E-state index contributed by atoms with van der Waals surface area (Å²) < 4.78 is 2.11. The summed E-state index contributed by atoms with van der Waals surface area (Å²) in [6, 6.07) is 18.1. The molecule has 0 aliphatic rings. The SMILES string of the molecule is CC[C@H](Sc1nc2ccccc2s1)C(=O)N[C@H](C)c1ccccc1. The van der Waals surface area contributed by atoms with E-state index in [-0.39, 0.29) is 17.2 Å². The van der Waals surface area contributed by atoms with Gasteiger partial charge in [0.2, 0.25) is 5.91 Å². The van der Waals surface area contributed by atoms with Crippen molar-refractivity contribution < 1.29 is 4.79 Å². The minimum Gasteiger partial charge on any atom is -0.349 e. The number of fused-ring (bicyclic) bond motifs is 1. The lowest BCUT2D eigenvalue weighted by molar-refractivity contribution is -0.121. The molecule has 1 amide bonds. The molecule has 3 rings (SSSR count). The van der Waals surface area contributed by atoms with E-state index in [0.717, 1.165) is 26.5 Å². The van der Waals surface area contributed by atoms with Gasteiger partial charge in [0.15, 0.2) is 4.34 Å². The topological polar surface area (TPSA) is 42.0 Å². The molecule has 0 fully saturated rings. The highest BCUT2D eigenvalue weighted by molar-refractivity contribution is 8.02. The van der Waals surface area contributed by atoms with E-state index in [0.29, 0.717) is 0 Å². The smallest absolute Gasteiger partial charge is 0.234 e. The highest BCUT2D eigenvalue weighted by Crippen LogP contribution is 2.33. The van der Waals surface area contributed by atoms with Crippen LogP contribution in [-0.2, 0) is 4.79 Å². The summed E-state index contributed by atoms with van der Waals surface area (Å²) in [6.45, 7) is 4.06. The number of nitrogens with zero attached hydrogens (tertiary/aromatic N) is 1. The van der Waals surface area contributed by atoms with Gasteiger partial charge in [-0.15, -0.1) is 11.3 Å². The van der Waals surface area contributed by atoms with Crippen LogP contribution in [0.1, 0.15) is 31.9 Å². The predicted octanol–water partition coefficient (Wildman–Crippen LogP) is 5.04. The van der Waals surface area contributed by atoms with Crippen molar-refractivity contribution in [2.24, 2.45) is 0 Å². The minimum absolute atomic E-state index is 0.00344. The molecule has 124 valence electrons. The van der Waals surface area contributed by atoms with Gasteiger partial charge in [-0.3, -0.25) is 4.79 Å². The van der Waals surface area contributed by atoms with E-state index in [1.165, 1.54) is 0 Å². The number of aromatic nitrogens is 1. The predicted molar refractivity (Wildman–Crippen MR) is 103 cm³/mol. The Kier molecular flexibility index (Phi) is 5.53. The molecule has 1 heterocycles. The molecule has 3 nitrogen and oxygen atoms in total. The maximum Gasteiger partial charge on any atom is 0.234 e. The number of hydrogen-bond donors (Lipinski definition) is 1. The van der Waals surface area contributed by atoms with Gasteiger partial charge in [0.05, 0.1) is 21.5 Å². The Morgan fingerprint density at radius 3 is 2.58 bits per heavy atom. The van der Waals surface area contributed by atoms with Crippen molar-refractivity contribution in [3.63, 3.8) is 0 Å². The van der Waals surface area contributed by atoms with Gasteiger partial charge in [0.25, 0.3) is 0 Å². The lowest BCUT2D eigenvalue weighted by atomic mass is 10.1. The number of rotatable bonds is 6. The molecule has 0 saturated heterocycles. The highest BCUT2D eigenvalue weighted by atomic mass is 32.2. The lowest BCUT2D eigenvalue weighted by Crippen LogP contribution is -2.34. The second-order valence-electron chi connectivity index (χ2n) is 5.60. The molecule has 0 radical (unpaired) electrons. The molecule has 2 atom stereocenters. The number of thiazole rings is 1. The van der Waals surface area contributed by atoms with Crippen molar-refractivity contribution in [3.8, 4) is 0 Å². The Balaban J connectivity index is 1.67. The van der Waals surface area contributed by atoms with E-state index in [4.69, 9.17) is 0 Å². The third-order valence-electron chi connectivity index (χ3n) is 3.84. The molecule has 24 heavy (non-hydrogen) atoms. The summed E-state index contributed by atoms with van der Waals surface area (Å²) >= 11 is 3.20. The average molecular weight is 357 g/mol. The van der Waals surface area contributed by atoms with Crippen molar-refractivity contribution in [2.75, 3.05) is 0 Å². The van der Waals surface area contributed by atoms with Crippen molar-refractivity contribution in [1.29, 1.82) is 0 Å². The van der Waals surface area contributed by atoms with Crippen LogP contribution in [-0.4, -0.2) is 16.1 Å². The third-order valence-corrected chi connectivity index (χ3v) is 6.33. The van der Waals surface area contributed by atoms with Gasteiger partial charge < -0.3 is 5.32 Å². The first kappa shape index (κ1) is 17.0. The number of hydrogen-bond acceptors (Lipinski definition) is 4. The lowest BCUT2D eigenvalue weighted by Gasteiger charge is -2.18. The molecule has 0 aliphatic heterocycles. The molecule has 0 saturated carbocycles. The number of benzene rings is 2. The van der Waals surface area contributed by atoms with Gasteiger partial charge in [0.1, 0.15) is 0 Å². The molecule has 0 aliphatic carbocycles. The molecule has 3 aromatic rings. The standard InChI is InChI=1S/C19H20N2OS2/c1-3-16(18(22)20-13(2)14-9-5-4-6-10-14)23-19-21-15-11-7-8-12-17(15)24-19/h4-13,16H,3H2,1-2H3,(H,20,22)/t13-,16+/m1/s1. The van der Waals surface area contributed by atoms with E-state index in [1.807, 2.05) is 62.4 Å². The first-order valence-electron chi connectivity index (χ1n) is 8.05. The summed E-state index contributed by atoms with van der Waals surface area (Å²) in [4.78, 5) is 17.2. The van der Waals surface area contributed by atoms with E-state index in [2.05, 4.69) is 16.4 Å². The molecular weight excluding hydrogens is 336 g/mol. The van der Waals surface area contributed by atoms with Gasteiger partial charge in [-0.1, -0.05) is 61.2 Å². The molecule has 1 aromatic heterocycles. The van der Waals surface area contributed by atoms with Crippen LogP contribution in [0.5, 0.6) is 0 Å². The Labute approximate surface area is 150 Å². The molecule has 5 heteroatoms. The maximum absolute atomic E-state index is 12.6. The van der Waals surface area contributed by atoms with Gasteiger partial charge >= 0.3 is 0 Å². The third kappa shape index (κ3) is 3.97. The fourth-order valence-corrected chi connectivity index (χ4v) is 4.72. The van der Waals surface area contributed by atoms with Crippen LogP contribution in [0.25, 0.3) is 10.2 Å². The van der Waals surface area contributed by atoms with Crippen LogP contribution < -0.4 is 5.32 Å². The van der Waals surface area contributed by atoms with Crippen molar-refractivity contribution in [1.82, 2.24) is 10.3 Å². The number of carbonyl (C=O) groups excluding carboxylic acids is 1. The van der Waals surface area contributed by atoms with Crippen molar-refractivity contribution in [3.05, 3.63) is 60.2 Å². The van der Waals surface area contributed by atoms with Gasteiger partial charge in [0, 0.05) is 0 Å². The second kappa shape index (κ2) is 7.81. The normalized spacial score (nSPS) is 13.6. The molecule has 2 aromatic carbocycles. The molecule has 1 N–H and O–H groups in total. The van der Waals surface area contributed by atoms with Gasteiger partial charge in [-0.05, 0) is 31.0 Å². The summed E-state index contributed by atoms with van der Waals surface area (Å²) in [6.07, 6.45) is 0.772. The molecule has 0 spiro atoms. The van der Waals surface area contributed by atoms with Crippen LogP contribution in [0.3, 0.4) is 0 Å². The van der Waals surface area contributed by atoms with Crippen LogP contribution in [0, 0.1) is 0 Å². The number of carbonyl (C=O) groups is 1. The quantitative estimate of drug-likeness (QED) is 0.629. The summed E-state index contributed by atoms with van der Waals surface area (Å²) in [7, 11) is 0. The number of para-hydroxylation sites is 1. The zero-order valence-electron chi connectivity index (χ0n) is 13.7. The van der Waals surface area contributed by atoms with Crippen LogP contribution in [0.15, 0.2) is 58.9 Å². The number of amides is 1. The Hall–Kier alpha value is -1.85. The first-order chi connectivity index (χ1) is 11.7. The fourth-order valence-electron chi connectivity index (χ4n) is 2.48. The van der Waals surface area contributed by atoms with E-state index in [1.54, 1.807) is 23.1 Å². The summed E-state index contributed by atoms with van der Waals surface area (Å²) in [5.74, 6) is 0.0677. The van der Waals surface area contributed by atoms with Crippen LogP contribution >= 0.6 is 23.1 Å². The Morgan fingerprint density at radius 1 is 1.17 bits per heavy atom. The van der Waals surface area contributed by atoms with Crippen molar-refractivity contribution >= 4 is 39.2 Å². The van der Waals surface area contributed by atoms with E-state index < -0.39 is 0 Å². The molecule has 0 bridgehead atoms. The largest absolute Gasteiger partial charge is 0.349 e. The number of nitrogens with one attached hydrogen (secondary N) is 1. The van der Waals surface area contributed by atoms with Gasteiger partial charge in [-0.2, -0.15) is 0 Å². The highest BCUT2D eigenvalue weighted by Gasteiger charge is 2.21. The summed E-state index contributed by atoms with van der Waals surface area (Å²) in [5.41, 5.74) is 2.11. The average Bonchev–Trinajstić information content (AvgIpc) is 3.02. The van der Waals surface area contributed by atoms with Crippen LogP contribution in [0.2, 0.25) is 0 Å². The summed E-state index contributed by atoms with van der Waals surface area (Å²) in [5, 5.41) is 2.99. The zero-order valence-corrected chi connectivity index (χ0v) is 15.4. The molecular formula is C19H20N2OS2. The van der Waals surface area contributed by atoms with Gasteiger partial charge in [-0.25, -0.2) is 4.98 Å². The second-order valence-corrected chi connectivity index (χ2v) is 8.08. The van der Waals surface area contributed by atoms with E-state index in [9.17, 15) is 4.79 Å².